The lowest BCUT2D eigenvalue weighted by Gasteiger charge is -2.22. The molecule has 7 heteroatoms. The molecule has 1 saturated heterocycles. The Balaban J connectivity index is 1.84. The third-order valence-corrected chi connectivity index (χ3v) is 5.86. The monoisotopic (exact) mass is 389 g/mol. The molecule has 3 heterocycles. The molecule has 0 unspecified atom stereocenters. The van der Waals surface area contributed by atoms with E-state index in [-0.39, 0.29) is 5.56 Å². The molecule has 0 saturated carbocycles. The average molecular weight is 390 g/mol. The smallest absolute Gasteiger partial charge is 0.329 e. The fraction of sp³-hybridized carbons (Fsp3) is 0.762. The van der Waals surface area contributed by atoms with Gasteiger partial charge in [0.2, 0.25) is 5.95 Å². The van der Waals surface area contributed by atoms with Crippen LogP contribution in [0.2, 0.25) is 0 Å². The van der Waals surface area contributed by atoms with Gasteiger partial charge >= 0.3 is 5.69 Å². The number of hydrogen-bond acceptors (Lipinski definition) is 4. The third kappa shape index (κ3) is 4.67. The summed E-state index contributed by atoms with van der Waals surface area (Å²) in [6.45, 7) is 4.94. The Morgan fingerprint density at radius 3 is 2.25 bits per heavy atom. The largest absolute Gasteiger partial charge is 0.342 e. The van der Waals surface area contributed by atoms with Gasteiger partial charge in [-0.25, -0.2) is 4.79 Å². The van der Waals surface area contributed by atoms with Gasteiger partial charge in [0.1, 0.15) is 0 Å². The zero-order valence-electron chi connectivity index (χ0n) is 17.5. The minimum atomic E-state index is -0.402. The lowest BCUT2D eigenvalue weighted by molar-refractivity contribution is 0.551. The van der Waals surface area contributed by atoms with E-state index in [9.17, 15) is 9.59 Å². The molecule has 0 bridgehead atoms. The topological polar surface area (TPSA) is 75.9 Å². The van der Waals surface area contributed by atoms with E-state index in [2.05, 4.69) is 21.4 Å². The minimum Gasteiger partial charge on any atom is -0.342 e. The van der Waals surface area contributed by atoms with Crippen LogP contribution in [0.25, 0.3) is 11.2 Å². The number of hydrogen-bond donors (Lipinski definition) is 1. The van der Waals surface area contributed by atoms with E-state index in [1.807, 2.05) is 0 Å². The van der Waals surface area contributed by atoms with Crippen LogP contribution in [-0.2, 0) is 13.6 Å². The van der Waals surface area contributed by atoms with E-state index < -0.39 is 5.69 Å². The van der Waals surface area contributed by atoms with Crippen LogP contribution in [-0.4, -0.2) is 32.2 Å². The van der Waals surface area contributed by atoms with Crippen LogP contribution in [0.1, 0.15) is 77.6 Å². The molecule has 3 rings (SSSR count). The predicted molar refractivity (Wildman–Crippen MR) is 114 cm³/mol. The Kier molecular flexibility index (Phi) is 7.34. The Labute approximate surface area is 166 Å². The number of aromatic amines is 1. The van der Waals surface area contributed by atoms with E-state index in [1.165, 1.54) is 49.5 Å². The van der Waals surface area contributed by atoms with E-state index in [4.69, 9.17) is 4.98 Å². The molecule has 7 nitrogen and oxygen atoms in total. The Bertz CT molecular complexity index is 871. The van der Waals surface area contributed by atoms with E-state index in [0.717, 1.165) is 51.3 Å². The van der Waals surface area contributed by atoms with E-state index in [0.29, 0.717) is 11.2 Å². The number of nitrogens with zero attached hydrogens (tertiary/aromatic N) is 4. The number of unbranched alkanes of at least 4 members (excludes halogenated alkanes) is 6. The van der Waals surface area contributed by atoms with Gasteiger partial charge in [0.15, 0.2) is 11.2 Å². The van der Waals surface area contributed by atoms with Gasteiger partial charge in [-0.2, -0.15) is 4.98 Å². The molecule has 0 aromatic carbocycles. The normalized spacial score (nSPS) is 15.3. The van der Waals surface area contributed by atoms with Gasteiger partial charge < -0.3 is 9.47 Å². The standard InChI is InChI=1S/C21H35N5O2/c1-3-4-5-6-7-8-13-16-26-17-18(24(2)21(28)23-19(17)27)22-20(26)25-14-11-9-10-12-15-25/h3-16H2,1-2H3,(H,23,27,28). The summed E-state index contributed by atoms with van der Waals surface area (Å²) in [5.41, 5.74) is 0.304. The summed E-state index contributed by atoms with van der Waals surface area (Å²) >= 11 is 0. The molecule has 0 spiro atoms. The van der Waals surface area contributed by atoms with Crippen molar-refractivity contribution in [3.63, 3.8) is 0 Å². The van der Waals surface area contributed by atoms with Crippen molar-refractivity contribution in [2.24, 2.45) is 7.05 Å². The van der Waals surface area contributed by atoms with Crippen molar-refractivity contribution in [2.45, 2.75) is 84.1 Å². The molecular weight excluding hydrogens is 354 g/mol. The van der Waals surface area contributed by atoms with Crippen LogP contribution in [0, 0.1) is 0 Å². The van der Waals surface area contributed by atoms with E-state index in [1.54, 1.807) is 7.05 Å². The number of nitrogens with one attached hydrogen (secondary N) is 1. The molecule has 28 heavy (non-hydrogen) atoms. The lowest BCUT2D eigenvalue weighted by atomic mass is 10.1. The predicted octanol–water partition coefficient (Wildman–Crippen LogP) is 3.55. The van der Waals surface area contributed by atoms with Crippen molar-refractivity contribution in [3.8, 4) is 0 Å². The van der Waals surface area contributed by atoms with Gasteiger partial charge in [-0.15, -0.1) is 0 Å². The number of anilines is 1. The zero-order chi connectivity index (χ0) is 19.9. The van der Waals surface area contributed by atoms with Crippen LogP contribution >= 0.6 is 0 Å². The number of H-pyrrole nitrogens is 1. The summed E-state index contributed by atoms with van der Waals surface area (Å²) in [4.78, 5) is 34.2. The molecule has 1 N–H and O–H groups in total. The second-order valence-corrected chi connectivity index (χ2v) is 8.08. The van der Waals surface area contributed by atoms with Crippen molar-refractivity contribution in [1.82, 2.24) is 19.1 Å². The average Bonchev–Trinajstić information content (AvgIpc) is 2.86. The first kappa shape index (κ1) is 20.7. The SMILES string of the molecule is CCCCCCCCCn1c(N2CCCCCC2)nc2c1c(=O)[nH]c(=O)n2C. The number of rotatable bonds is 9. The summed E-state index contributed by atoms with van der Waals surface area (Å²) in [7, 11) is 1.68. The molecule has 2 aromatic heterocycles. The maximum Gasteiger partial charge on any atom is 0.329 e. The second-order valence-electron chi connectivity index (χ2n) is 8.08. The summed E-state index contributed by atoms with van der Waals surface area (Å²) in [5.74, 6) is 0.856. The molecule has 0 amide bonds. The van der Waals surface area contributed by atoms with Gasteiger partial charge in [-0.05, 0) is 19.3 Å². The van der Waals surface area contributed by atoms with E-state index >= 15 is 0 Å². The van der Waals surface area contributed by atoms with Gasteiger partial charge in [0.05, 0.1) is 0 Å². The van der Waals surface area contributed by atoms with Gasteiger partial charge in [0, 0.05) is 26.7 Å². The molecule has 1 fully saturated rings. The summed E-state index contributed by atoms with van der Waals surface area (Å²) < 4.78 is 3.52. The summed E-state index contributed by atoms with van der Waals surface area (Å²) in [6.07, 6.45) is 13.4. The second kappa shape index (κ2) is 9.94. The summed E-state index contributed by atoms with van der Waals surface area (Å²) in [5, 5.41) is 0. The van der Waals surface area contributed by atoms with Gasteiger partial charge in [-0.3, -0.25) is 14.3 Å². The van der Waals surface area contributed by atoms with Crippen LogP contribution in [0.3, 0.4) is 0 Å². The molecule has 0 atom stereocenters. The molecule has 2 aromatic rings. The Hall–Kier alpha value is -2.05. The Morgan fingerprint density at radius 1 is 0.929 bits per heavy atom. The Morgan fingerprint density at radius 2 is 1.57 bits per heavy atom. The van der Waals surface area contributed by atoms with Crippen molar-refractivity contribution < 1.29 is 0 Å². The molecule has 0 radical (unpaired) electrons. The number of aromatic nitrogens is 4. The lowest BCUT2D eigenvalue weighted by Crippen LogP contribution is -2.30. The quantitative estimate of drug-likeness (QED) is 0.666. The number of fused-ring (bicyclic) bond motifs is 1. The molecule has 156 valence electrons. The first-order valence-electron chi connectivity index (χ1n) is 11.1. The van der Waals surface area contributed by atoms with Gasteiger partial charge in [0.25, 0.3) is 5.56 Å². The third-order valence-electron chi connectivity index (χ3n) is 5.86. The molecule has 1 aliphatic heterocycles. The van der Waals surface area contributed by atoms with Crippen LogP contribution in [0.15, 0.2) is 9.59 Å². The van der Waals surface area contributed by atoms with Crippen LogP contribution in [0.4, 0.5) is 5.95 Å². The number of imidazole rings is 1. The highest BCUT2D eigenvalue weighted by atomic mass is 16.2. The fourth-order valence-electron chi connectivity index (χ4n) is 4.17. The van der Waals surface area contributed by atoms with Crippen molar-refractivity contribution in [2.75, 3.05) is 18.0 Å². The van der Waals surface area contributed by atoms with Crippen LogP contribution in [0.5, 0.6) is 0 Å². The highest BCUT2D eigenvalue weighted by Crippen LogP contribution is 2.23. The zero-order valence-corrected chi connectivity index (χ0v) is 17.5. The highest BCUT2D eigenvalue weighted by Gasteiger charge is 2.22. The number of aryl methyl sites for hydroxylation is 2. The van der Waals surface area contributed by atoms with Crippen molar-refractivity contribution in [1.29, 1.82) is 0 Å². The molecule has 0 aliphatic carbocycles. The van der Waals surface area contributed by atoms with Crippen molar-refractivity contribution >= 4 is 17.1 Å². The highest BCUT2D eigenvalue weighted by molar-refractivity contribution is 5.74. The maximum absolute atomic E-state index is 12.6. The minimum absolute atomic E-state index is 0.324. The van der Waals surface area contributed by atoms with Gasteiger partial charge in [-0.1, -0.05) is 58.3 Å². The first-order chi connectivity index (χ1) is 13.6. The molecular formula is C21H35N5O2. The molecule has 1 aliphatic rings. The van der Waals surface area contributed by atoms with Crippen LogP contribution < -0.4 is 16.1 Å². The maximum atomic E-state index is 12.6. The van der Waals surface area contributed by atoms with Crippen molar-refractivity contribution in [3.05, 3.63) is 20.8 Å². The fourth-order valence-corrected chi connectivity index (χ4v) is 4.17. The summed E-state index contributed by atoms with van der Waals surface area (Å²) in [6, 6.07) is 0. The first-order valence-corrected chi connectivity index (χ1v) is 11.1.